The molecule has 1 heterocycles. The summed E-state index contributed by atoms with van der Waals surface area (Å²) >= 11 is 4.84. The standard InChI is InChI=1S/C10H20N2OS/c1-8-6-12(7-9(2)13-8)5-3-4-10(11)14/h8-9H,3-7H2,1-2H3,(H2,11,14)/t8-,9+. The summed E-state index contributed by atoms with van der Waals surface area (Å²) in [5.74, 6) is 0. The van der Waals surface area contributed by atoms with E-state index >= 15 is 0 Å². The zero-order chi connectivity index (χ0) is 10.6. The van der Waals surface area contributed by atoms with Crippen molar-refractivity contribution in [3.8, 4) is 0 Å². The molecule has 0 aromatic carbocycles. The molecular weight excluding hydrogens is 196 g/mol. The van der Waals surface area contributed by atoms with Gasteiger partial charge in [0.15, 0.2) is 0 Å². The molecule has 0 amide bonds. The second-order valence-electron chi connectivity index (χ2n) is 4.09. The average molecular weight is 216 g/mol. The van der Waals surface area contributed by atoms with Crippen LogP contribution in [0.1, 0.15) is 26.7 Å². The van der Waals surface area contributed by atoms with Crippen LogP contribution in [0.5, 0.6) is 0 Å². The first-order chi connectivity index (χ1) is 6.58. The Kier molecular flexibility index (Phi) is 4.78. The van der Waals surface area contributed by atoms with Crippen LogP contribution < -0.4 is 5.73 Å². The highest BCUT2D eigenvalue weighted by Crippen LogP contribution is 2.11. The van der Waals surface area contributed by atoms with Crippen LogP contribution in [0, 0.1) is 0 Å². The van der Waals surface area contributed by atoms with Gasteiger partial charge in [0.25, 0.3) is 0 Å². The molecule has 1 aliphatic rings. The van der Waals surface area contributed by atoms with Gasteiger partial charge >= 0.3 is 0 Å². The lowest BCUT2D eigenvalue weighted by atomic mass is 10.2. The fourth-order valence-corrected chi connectivity index (χ4v) is 2.09. The van der Waals surface area contributed by atoms with Gasteiger partial charge in [0.1, 0.15) is 0 Å². The Morgan fingerprint density at radius 3 is 2.50 bits per heavy atom. The molecule has 2 atom stereocenters. The number of morpholine rings is 1. The van der Waals surface area contributed by atoms with E-state index < -0.39 is 0 Å². The van der Waals surface area contributed by atoms with E-state index in [4.69, 9.17) is 22.7 Å². The lowest BCUT2D eigenvalue weighted by molar-refractivity contribution is -0.0679. The molecule has 0 saturated carbocycles. The normalized spacial score (nSPS) is 29.0. The number of thiocarbonyl (C=S) groups is 1. The Bertz CT molecular complexity index is 189. The van der Waals surface area contributed by atoms with Crippen LogP contribution in [0.2, 0.25) is 0 Å². The van der Waals surface area contributed by atoms with Gasteiger partial charge in [-0.15, -0.1) is 0 Å². The van der Waals surface area contributed by atoms with E-state index in [1.165, 1.54) is 0 Å². The van der Waals surface area contributed by atoms with Crippen molar-refractivity contribution >= 4 is 17.2 Å². The van der Waals surface area contributed by atoms with Crippen molar-refractivity contribution in [3.63, 3.8) is 0 Å². The molecule has 0 unspecified atom stereocenters. The van der Waals surface area contributed by atoms with Crippen LogP contribution in [-0.2, 0) is 4.74 Å². The van der Waals surface area contributed by atoms with Gasteiger partial charge in [-0.05, 0) is 33.2 Å². The first-order valence-electron chi connectivity index (χ1n) is 5.24. The van der Waals surface area contributed by atoms with Crippen LogP contribution in [0.15, 0.2) is 0 Å². The summed E-state index contributed by atoms with van der Waals surface area (Å²) in [5, 5.41) is 0. The lowest BCUT2D eigenvalue weighted by Crippen LogP contribution is -2.45. The number of hydrogen-bond donors (Lipinski definition) is 1. The molecule has 1 rings (SSSR count). The van der Waals surface area contributed by atoms with E-state index in [2.05, 4.69) is 18.7 Å². The van der Waals surface area contributed by atoms with Crippen molar-refractivity contribution in [2.24, 2.45) is 5.73 Å². The summed E-state index contributed by atoms with van der Waals surface area (Å²) in [6.07, 6.45) is 2.62. The summed E-state index contributed by atoms with van der Waals surface area (Å²) in [6, 6.07) is 0. The number of rotatable bonds is 4. The summed E-state index contributed by atoms with van der Waals surface area (Å²) in [7, 11) is 0. The highest BCUT2D eigenvalue weighted by atomic mass is 32.1. The Morgan fingerprint density at radius 2 is 2.00 bits per heavy atom. The molecular formula is C10H20N2OS. The SMILES string of the molecule is C[C@@H]1CN(CCCC(N)=S)C[C@H](C)O1. The van der Waals surface area contributed by atoms with Crippen molar-refractivity contribution < 1.29 is 4.74 Å². The molecule has 0 aromatic rings. The molecule has 3 nitrogen and oxygen atoms in total. The van der Waals surface area contributed by atoms with E-state index in [0.29, 0.717) is 17.2 Å². The third kappa shape index (κ3) is 4.35. The summed E-state index contributed by atoms with van der Waals surface area (Å²) < 4.78 is 5.65. The zero-order valence-corrected chi connectivity index (χ0v) is 9.85. The molecule has 4 heteroatoms. The molecule has 1 aliphatic heterocycles. The number of nitrogens with zero attached hydrogens (tertiary/aromatic N) is 1. The Labute approximate surface area is 91.6 Å². The Hall–Kier alpha value is -0.190. The maximum absolute atomic E-state index is 5.65. The minimum absolute atomic E-state index is 0.351. The van der Waals surface area contributed by atoms with E-state index in [0.717, 1.165) is 32.5 Å². The van der Waals surface area contributed by atoms with Crippen molar-refractivity contribution in [3.05, 3.63) is 0 Å². The van der Waals surface area contributed by atoms with Gasteiger partial charge in [0, 0.05) is 13.1 Å². The molecule has 0 radical (unpaired) electrons. The molecule has 0 spiro atoms. The quantitative estimate of drug-likeness (QED) is 0.716. The first-order valence-corrected chi connectivity index (χ1v) is 5.65. The zero-order valence-electron chi connectivity index (χ0n) is 9.03. The summed E-state index contributed by atoms with van der Waals surface area (Å²) in [5.41, 5.74) is 5.45. The minimum Gasteiger partial charge on any atom is -0.393 e. The highest BCUT2D eigenvalue weighted by molar-refractivity contribution is 7.80. The van der Waals surface area contributed by atoms with E-state index in [1.807, 2.05) is 0 Å². The molecule has 82 valence electrons. The Morgan fingerprint density at radius 1 is 1.43 bits per heavy atom. The first kappa shape index (κ1) is 11.9. The molecule has 0 aromatic heterocycles. The van der Waals surface area contributed by atoms with Gasteiger partial charge in [-0.1, -0.05) is 12.2 Å². The fraction of sp³-hybridized carbons (Fsp3) is 0.900. The number of nitrogens with two attached hydrogens (primary N) is 1. The minimum atomic E-state index is 0.351. The van der Waals surface area contributed by atoms with Crippen molar-refractivity contribution in [2.45, 2.75) is 38.9 Å². The van der Waals surface area contributed by atoms with Crippen molar-refractivity contribution in [1.29, 1.82) is 0 Å². The van der Waals surface area contributed by atoms with Crippen LogP contribution in [0.4, 0.5) is 0 Å². The topological polar surface area (TPSA) is 38.5 Å². The van der Waals surface area contributed by atoms with Crippen LogP contribution >= 0.6 is 12.2 Å². The van der Waals surface area contributed by atoms with Crippen LogP contribution in [0.3, 0.4) is 0 Å². The van der Waals surface area contributed by atoms with Crippen molar-refractivity contribution in [2.75, 3.05) is 19.6 Å². The third-order valence-corrected chi connectivity index (χ3v) is 2.60. The molecule has 2 N–H and O–H groups in total. The fourth-order valence-electron chi connectivity index (χ4n) is 1.94. The summed E-state index contributed by atoms with van der Waals surface area (Å²) in [4.78, 5) is 3.05. The molecule has 0 bridgehead atoms. The van der Waals surface area contributed by atoms with Crippen molar-refractivity contribution in [1.82, 2.24) is 4.90 Å². The summed E-state index contributed by atoms with van der Waals surface area (Å²) in [6.45, 7) is 7.38. The van der Waals surface area contributed by atoms with Gasteiger partial charge in [0.05, 0.1) is 17.2 Å². The maximum atomic E-state index is 5.65. The van der Waals surface area contributed by atoms with Gasteiger partial charge in [-0.25, -0.2) is 0 Å². The van der Waals surface area contributed by atoms with Gasteiger partial charge in [-0.3, -0.25) is 4.90 Å². The van der Waals surface area contributed by atoms with Gasteiger partial charge < -0.3 is 10.5 Å². The molecule has 14 heavy (non-hydrogen) atoms. The largest absolute Gasteiger partial charge is 0.393 e. The van der Waals surface area contributed by atoms with E-state index in [1.54, 1.807) is 0 Å². The molecule has 1 fully saturated rings. The van der Waals surface area contributed by atoms with Crippen LogP contribution in [0.25, 0.3) is 0 Å². The second-order valence-corrected chi connectivity index (χ2v) is 4.61. The predicted octanol–water partition coefficient (Wildman–Crippen LogP) is 1.16. The van der Waals surface area contributed by atoms with E-state index in [9.17, 15) is 0 Å². The number of ether oxygens (including phenoxy) is 1. The highest BCUT2D eigenvalue weighted by Gasteiger charge is 2.21. The Balaban J connectivity index is 2.20. The van der Waals surface area contributed by atoms with Gasteiger partial charge in [-0.2, -0.15) is 0 Å². The molecule has 0 aliphatic carbocycles. The third-order valence-electron chi connectivity index (χ3n) is 2.39. The predicted molar refractivity (Wildman–Crippen MR) is 62.5 cm³/mol. The smallest absolute Gasteiger partial charge is 0.0727 e. The van der Waals surface area contributed by atoms with Crippen LogP contribution in [-0.4, -0.2) is 41.7 Å². The monoisotopic (exact) mass is 216 g/mol. The maximum Gasteiger partial charge on any atom is 0.0727 e. The van der Waals surface area contributed by atoms with E-state index in [-0.39, 0.29) is 0 Å². The van der Waals surface area contributed by atoms with Gasteiger partial charge in [0.2, 0.25) is 0 Å². The second kappa shape index (κ2) is 5.63. The number of hydrogen-bond acceptors (Lipinski definition) is 3. The lowest BCUT2D eigenvalue weighted by Gasteiger charge is -2.35. The average Bonchev–Trinajstić information content (AvgIpc) is 2.01. The molecule has 1 saturated heterocycles.